The smallest absolute Gasteiger partial charge is 0.123 e. The highest BCUT2D eigenvalue weighted by atomic mass is 19.1. The van der Waals surface area contributed by atoms with Crippen molar-refractivity contribution in [2.24, 2.45) is 0 Å². The lowest BCUT2D eigenvalue weighted by atomic mass is 10.0. The number of nitrogens with one attached hydrogen (secondary N) is 1. The van der Waals surface area contributed by atoms with Gasteiger partial charge in [0.15, 0.2) is 0 Å². The maximum Gasteiger partial charge on any atom is 0.123 e. The average molecular weight is 264 g/mol. The van der Waals surface area contributed by atoms with E-state index >= 15 is 0 Å². The summed E-state index contributed by atoms with van der Waals surface area (Å²) in [6.45, 7) is 7.76. The van der Waals surface area contributed by atoms with Crippen molar-refractivity contribution in [2.75, 3.05) is 19.6 Å². The maximum absolute atomic E-state index is 13.2. The van der Waals surface area contributed by atoms with Crippen molar-refractivity contribution in [1.82, 2.24) is 10.2 Å². The van der Waals surface area contributed by atoms with Gasteiger partial charge < -0.3 is 5.32 Å². The number of likely N-dealkylation sites (N-methyl/N-ethyl adjacent to an activating group) is 1. The SMILES string of the molecule is CCN(C(C)Cc1cccc(F)c1)C1CCCNC1. The van der Waals surface area contributed by atoms with Crippen LogP contribution in [0.15, 0.2) is 24.3 Å². The van der Waals surface area contributed by atoms with Gasteiger partial charge in [-0.15, -0.1) is 0 Å². The van der Waals surface area contributed by atoms with Crippen LogP contribution in [0.2, 0.25) is 0 Å². The van der Waals surface area contributed by atoms with E-state index in [0.29, 0.717) is 12.1 Å². The molecular formula is C16H25FN2. The summed E-state index contributed by atoms with van der Waals surface area (Å²) in [5.41, 5.74) is 1.09. The molecule has 1 saturated heterocycles. The number of nitrogens with zero attached hydrogens (tertiary/aromatic N) is 1. The fourth-order valence-electron chi connectivity index (χ4n) is 3.17. The molecule has 1 heterocycles. The zero-order valence-corrected chi connectivity index (χ0v) is 12.0. The number of benzene rings is 1. The Morgan fingerprint density at radius 1 is 1.47 bits per heavy atom. The van der Waals surface area contributed by atoms with Crippen LogP contribution in [0.4, 0.5) is 4.39 Å². The Kier molecular flexibility index (Phi) is 5.34. The van der Waals surface area contributed by atoms with Crippen LogP contribution in [-0.2, 0) is 6.42 Å². The van der Waals surface area contributed by atoms with Gasteiger partial charge >= 0.3 is 0 Å². The molecule has 0 saturated carbocycles. The van der Waals surface area contributed by atoms with E-state index in [0.717, 1.165) is 31.6 Å². The summed E-state index contributed by atoms with van der Waals surface area (Å²) in [6.07, 6.45) is 3.45. The second-order valence-electron chi connectivity index (χ2n) is 5.51. The highest BCUT2D eigenvalue weighted by molar-refractivity contribution is 5.17. The molecule has 2 atom stereocenters. The molecule has 1 aromatic rings. The van der Waals surface area contributed by atoms with Crippen LogP contribution in [0.5, 0.6) is 0 Å². The Hall–Kier alpha value is -0.930. The van der Waals surface area contributed by atoms with Gasteiger partial charge in [-0.3, -0.25) is 4.90 Å². The first-order valence-corrected chi connectivity index (χ1v) is 7.41. The molecule has 19 heavy (non-hydrogen) atoms. The third kappa shape index (κ3) is 4.02. The van der Waals surface area contributed by atoms with Gasteiger partial charge in [0.1, 0.15) is 5.82 Å². The first-order chi connectivity index (χ1) is 9.20. The lowest BCUT2D eigenvalue weighted by Gasteiger charge is -2.38. The molecule has 1 aliphatic heterocycles. The Balaban J connectivity index is 1.97. The zero-order chi connectivity index (χ0) is 13.7. The monoisotopic (exact) mass is 264 g/mol. The molecule has 1 aliphatic rings. The quantitative estimate of drug-likeness (QED) is 0.880. The predicted molar refractivity (Wildman–Crippen MR) is 77.8 cm³/mol. The minimum Gasteiger partial charge on any atom is -0.315 e. The normalized spacial score (nSPS) is 21.6. The van der Waals surface area contributed by atoms with E-state index < -0.39 is 0 Å². The highest BCUT2D eigenvalue weighted by Gasteiger charge is 2.23. The van der Waals surface area contributed by atoms with Crippen molar-refractivity contribution >= 4 is 0 Å². The van der Waals surface area contributed by atoms with E-state index in [1.54, 1.807) is 12.1 Å². The third-order valence-corrected chi connectivity index (χ3v) is 4.09. The molecule has 106 valence electrons. The van der Waals surface area contributed by atoms with Gasteiger partial charge in [0.25, 0.3) is 0 Å². The molecule has 1 N–H and O–H groups in total. The second-order valence-corrected chi connectivity index (χ2v) is 5.51. The van der Waals surface area contributed by atoms with E-state index in [2.05, 4.69) is 24.1 Å². The van der Waals surface area contributed by atoms with Gasteiger partial charge in [0.05, 0.1) is 0 Å². The molecule has 2 rings (SSSR count). The minimum atomic E-state index is -0.132. The van der Waals surface area contributed by atoms with Crippen molar-refractivity contribution in [3.05, 3.63) is 35.6 Å². The molecule has 0 amide bonds. The van der Waals surface area contributed by atoms with E-state index in [1.807, 2.05) is 6.07 Å². The lowest BCUT2D eigenvalue weighted by Crippen LogP contribution is -2.50. The summed E-state index contributed by atoms with van der Waals surface area (Å²) in [4.78, 5) is 2.55. The van der Waals surface area contributed by atoms with Crippen LogP contribution in [0, 0.1) is 5.82 Å². The Morgan fingerprint density at radius 2 is 2.32 bits per heavy atom. The van der Waals surface area contributed by atoms with Gasteiger partial charge in [-0.1, -0.05) is 19.1 Å². The molecule has 0 radical (unpaired) electrons. The average Bonchev–Trinajstić information content (AvgIpc) is 2.41. The van der Waals surface area contributed by atoms with Crippen molar-refractivity contribution in [1.29, 1.82) is 0 Å². The standard InChI is InChI=1S/C16H25FN2/c1-3-19(16-8-5-9-18-12-16)13(2)10-14-6-4-7-15(17)11-14/h4,6-7,11,13,16,18H,3,5,8-10,12H2,1-2H3. The largest absolute Gasteiger partial charge is 0.315 e. The topological polar surface area (TPSA) is 15.3 Å². The number of piperidine rings is 1. The van der Waals surface area contributed by atoms with Crippen molar-refractivity contribution in [2.45, 2.75) is 45.2 Å². The maximum atomic E-state index is 13.2. The predicted octanol–water partition coefficient (Wildman–Crippen LogP) is 2.83. The molecule has 0 bridgehead atoms. The molecule has 1 fully saturated rings. The van der Waals surface area contributed by atoms with Crippen LogP contribution in [0.3, 0.4) is 0 Å². The summed E-state index contributed by atoms with van der Waals surface area (Å²) in [6, 6.07) is 8.07. The van der Waals surface area contributed by atoms with Crippen molar-refractivity contribution in [3.63, 3.8) is 0 Å². The van der Waals surface area contributed by atoms with Crippen LogP contribution in [-0.4, -0.2) is 36.6 Å². The third-order valence-electron chi connectivity index (χ3n) is 4.09. The van der Waals surface area contributed by atoms with E-state index in [-0.39, 0.29) is 5.82 Å². The fraction of sp³-hybridized carbons (Fsp3) is 0.625. The molecule has 3 heteroatoms. The van der Waals surface area contributed by atoms with Gasteiger partial charge in [0, 0.05) is 18.6 Å². The Morgan fingerprint density at radius 3 is 2.95 bits per heavy atom. The second kappa shape index (κ2) is 7.01. The molecule has 2 nitrogen and oxygen atoms in total. The summed E-state index contributed by atoms with van der Waals surface area (Å²) in [7, 11) is 0. The summed E-state index contributed by atoms with van der Waals surface area (Å²) < 4.78 is 13.2. The summed E-state index contributed by atoms with van der Waals surface area (Å²) in [5, 5.41) is 3.48. The van der Waals surface area contributed by atoms with Crippen LogP contribution < -0.4 is 5.32 Å². The van der Waals surface area contributed by atoms with Crippen LogP contribution >= 0.6 is 0 Å². The van der Waals surface area contributed by atoms with Crippen LogP contribution in [0.25, 0.3) is 0 Å². The lowest BCUT2D eigenvalue weighted by molar-refractivity contribution is 0.127. The molecule has 0 aliphatic carbocycles. The van der Waals surface area contributed by atoms with Gasteiger partial charge in [-0.2, -0.15) is 0 Å². The number of hydrogen-bond donors (Lipinski definition) is 1. The minimum absolute atomic E-state index is 0.132. The first-order valence-electron chi connectivity index (χ1n) is 7.41. The van der Waals surface area contributed by atoms with Gasteiger partial charge in [-0.25, -0.2) is 4.39 Å². The summed E-state index contributed by atoms with van der Waals surface area (Å²) >= 11 is 0. The zero-order valence-electron chi connectivity index (χ0n) is 12.0. The molecule has 0 aromatic heterocycles. The van der Waals surface area contributed by atoms with E-state index in [9.17, 15) is 4.39 Å². The highest BCUT2D eigenvalue weighted by Crippen LogP contribution is 2.17. The number of rotatable bonds is 5. The van der Waals surface area contributed by atoms with E-state index in [4.69, 9.17) is 0 Å². The molecule has 1 aromatic carbocycles. The van der Waals surface area contributed by atoms with Gasteiger partial charge in [-0.05, 0) is 57.0 Å². The molecular weight excluding hydrogens is 239 g/mol. The number of halogens is 1. The Bertz CT molecular complexity index is 388. The van der Waals surface area contributed by atoms with E-state index in [1.165, 1.54) is 18.9 Å². The molecule has 2 unspecified atom stereocenters. The first kappa shape index (κ1) is 14.5. The molecule has 0 spiro atoms. The van der Waals surface area contributed by atoms with Gasteiger partial charge in [0.2, 0.25) is 0 Å². The van der Waals surface area contributed by atoms with Crippen molar-refractivity contribution in [3.8, 4) is 0 Å². The summed E-state index contributed by atoms with van der Waals surface area (Å²) in [5.74, 6) is -0.132. The van der Waals surface area contributed by atoms with Crippen molar-refractivity contribution < 1.29 is 4.39 Å². The number of hydrogen-bond acceptors (Lipinski definition) is 2. The van der Waals surface area contributed by atoms with Crippen LogP contribution in [0.1, 0.15) is 32.3 Å². The fourth-order valence-corrected chi connectivity index (χ4v) is 3.17. The Labute approximate surface area is 116 Å².